The molecule has 32 heavy (non-hydrogen) atoms. The van der Waals surface area contributed by atoms with Crippen LogP contribution in [0.25, 0.3) is 11.3 Å². The van der Waals surface area contributed by atoms with Crippen LogP contribution < -0.4 is 15.4 Å². The van der Waals surface area contributed by atoms with Gasteiger partial charge in [-0.2, -0.15) is 13.2 Å². The third-order valence-electron chi connectivity index (χ3n) is 4.27. The first kappa shape index (κ1) is 20.8. The van der Waals surface area contributed by atoms with E-state index < -0.39 is 17.8 Å². The fourth-order valence-corrected chi connectivity index (χ4v) is 2.86. The average molecular weight is 440 g/mol. The number of urea groups is 1. The predicted molar refractivity (Wildman–Crippen MR) is 110 cm³/mol. The second-order valence-corrected chi connectivity index (χ2v) is 6.51. The monoisotopic (exact) mass is 440 g/mol. The third-order valence-corrected chi connectivity index (χ3v) is 4.27. The van der Waals surface area contributed by atoms with Gasteiger partial charge in [0.1, 0.15) is 17.2 Å². The number of halogens is 3. The van der Waals surface area contributed by atoms with E-state index in [0.717, 1.165) is 12.1 Å². The summed E-state index contributed by atoms with van der Waals surface area (Å²) >= 11 is 0. The van der Waals surface area contributed by atoms with Crippen LogP contribution in [0.2, 0.25) is 0 Å². The number of rotatable bonds is 5. The van der Waals surface area contributed by atoms with Gasteiger partial charge in [-0.15, -0.1) is 5.10 Å². The van der Waals surface area contributed by atoms with Crippen LogP contribution in [0.5, 0.6) is 11.5 Å². The molecule has 11 heteroatoms. The molecule has 0 spiro atoms. The normalized spacial score (nSPS) is 11.1. The lowest BCUT2D eigenvalue weighted by Gasteiger charge is -2.14. The molecule has 0 bridgehead atoms. The number of pyridine rings is 1. The van der Waals surface area contributed by atoms with E-state index in [1.807, 2.05) is 0 Å². The van der Waals surface area contributed by atoms with Crippen LogP contribution in [-0.2, 0) is 6.18 Å². The number of nitrogens with zero attached hydrogens (tertiary/aromatic N) is 3. The highest BCUT2D eigenvalue weighted by atomic mass is 19.4. The van der Waals surface area contributed by atoms with Crippen molar-refractivity contribution in [3.05, 3.63) is 78.8 Å². The molecule has 0 saturated carbocycles. The number of hydrogen-bond acceptors (Lipinski definition) is 5. The number of ether oxygens (including phenoxy) is 1. The van der Waals surface area contributed by atoms with Crippen molar-refractivity contribution >= 4 is 17.4 Å². The number of nitrogens with one attached hydrogen (secondary N) is 3. The number of alkyl halides is 3. The summed E-state index contributed by atoms with van der Waals surface area (Å²) < 4.78 is 45.6. The highest BCUT2D eigenvalue weighted by Crippen LogP contribution is 2.37. The van der Waals surface area contributed by atoms with Gasteiger partial charge in [-0.1, -0.05) is 5.21 Å². The van der Waals surface area contributed by atoms with Crippen LogP contribution >= 0.6 is 0 Å². The second-order valence-electron chi connectivity index (χ2n) is 6.51. The topological polar surface area (TPSA) is 105 Å². The summed E-state index contributed by atoms with van der Waals surface area (Å²) in [5.74, 6) is 1.17. The van der Waals surface area contributed by atoms with Crippen molar-refractivity contribution in [2.45, 2.75) is 6.18 Å². The Kier molecular flexibility index (Phi) is 5.71. The van der Waals surface area contributed by atoms with Crippen molar-refractivity contribution in [2.75, 3.05) is 10.6 Å². The van der Waals surface area contributed by atoms with Gasteiger partial charge in [0, 0.05) is 29.3 Å². The summed E-state index contributed by atoms with van der Waals surface area (Å²) in [5.41, 5.74) is -0.464. The van der Waals surface area contributed by atoms with Gasteiger partial charge < -0.3 is 15.4 Å². The van der Waals surface area contributed by atoms with E-state index in [2.05, 4.69) is 31.0 Å². The molecule has 0 unspecified atom stereocenters. The van der Waals surface area contributed by atoms with Crippen molar-refractivity contribution in [3.8, 4) is 22.8 Å². The van der Waals surface area contributed by atoms with E-state index in [0.29, 0.717) is 17.2 Å². The maximum absolute atomic E-state index is 13.3. The molecular formula is C21H15F3N6O2. The number of aromatic nitrogens is 4. The van der Waals surface area contributed by atoms with Gasteiger partial charge in [-0.25, -0.2) is 4.79 Å². The Morgan fingerprint density at radius 3 is 2.22 bits per heavy atom. The molecule has 0 aliphatic rings. The SMILES string of the molecule is O=C(Nc1ccc(Oc2ccncc2)cc1)Nc1ccc(C(F)(F)F)c(-c2c[nH]nn2)c1. The van der Waals surface area contributed by atoms with Crippen molar-refractivity contribution in [1.29, 1.82) is 0 Å². The first-order valence-electron chi connectivity index (χ1n) is 9.22. The molecule has 0 aliphatic heterocycles. The molecule has 4 aromatic rings. The molecule has 0 fully saturated rings. The van der Waals surface area contributed by atoms with Crippen LogP contribution in [0.1, 0.15) is 5.56 Å². The maximum Gasteiger partial charge on any atom is 0.417 e. The highest BCUT2D eigenvalue weighted by molar-refractivity contribution is 6.00. The Labute approximate surface area is 179 Å². The van der Waals surface area contributed by atoms with Crippen LogP contribution in [0.3, 0.4) is 0 Å². The summed E-state index contributed by atoms with van der Waals surface area (Å²) in [6, 6.07) is 12.6. The van der Waals surface area contributed by atoms with E-state index in [-0.39, 0.29) is 16.9 Å². The number of carbonyl (C=O) groups excluding carboxylic acids is 1. The Balaban J connectivity index is 1.44. The number of H-pyrrole nitrogens is 1. The minimum atomic E-state index is -4.59. The quantitative estimate of drug-likeness (QED) is 0.390. The van der Waals surface area contributed by atoms with Crippen molar-refractivity contribution in [2.24, 2.45) is 0 Å². The van der Waals surface area contributed by atoms with Gasteiger partial charge in [0.25, 0.3) is 0 Å². The Morgan fingerprint density at radius 2 is 1.56 bits per heavy atom. The van der Waals surface area contributed by atoms with Gasteiger partial charge in [0.2, 0.25) is 0 Å². The lowest BCUT2D eigenvalue weighted by atomic mass is 10.0. The second kappa shape index (κ2) is 8.76. The van der Waals surface area contributed by atoms with Gasteiger partial charge in [-0.3, -0.25) is 10.1 Å². The molecular weight excluding hydrogens is 425 g/mol. The highest BCUT2D eigenvalue weighted by Gasteiger charge is 2.34. The van der Waals surface area contributed by atoms with Crippen molar-refractivity contribution in [3.63, 3.8) is 0 Å². The third kappa shape index (κ3) is 5.01. The molecule has 162 valence electrons. The molecule has 0 atom stereocenters. The minimum Gasteiger partial charge on any atom is -0.457 e. The summed E-state index contributed by atoms with van der Waals surface area (Å²) in [7, 11) is 0. The van der Waals surface area contributed by atoms with Gasteiger partial charge >= 0.3 is 12.2 Å². The first-order valence-corrected chi connectivity index (χ1v) is 9.22. The molecule has 2 heterocycles. The lowest BCUT2D eigenvalue weighted by Crippen LogP contribution is -2.19. The number of benzene rings is 2. The van der Waals surface area contributed by atoms with Crippen LogP contribution in [-0.4, -0.2) is 26.4 Å². The molecule has 0 aliphatic carbocycles. The molecule has 0 saturated heterocycles. The zero-order valence-corrected chi connectivity index (χ0v) is 16.2. The van der Waals surface area contributed by atoms with E-state index in [1.165, 1.54) is 12.3 Å². The minimum absolute atomic E-state index is 0.00571. The zero-order valence-electron chi connectivity index (χ0n) is 16.2. The smallest absolute Gasteiger partial charge is 0.417 e. The number of aromatic amines is 1. The standard InChI is InChI=1S/C21H15F3N6O2/c22-21(23,24)18-6-3-14(11-17(18)19-12-26-30-29-19)28-20(31)27-13-1-4-15(5-2-13)32-16-7-9-25-10-8-16/h1-12H,(H,26,29,30)(H2,27,28,31). The Bertz CT molecular complexity index is 1200. The van der Waals surface area contributed by atoms with Crippen molar-refractivity contribution < 1.29 is 22.7 Å². The molecule has 0 radical (unpaired) electrons. The van der Waals surface area contributed by atoms with E-state index in [1.54, 1.807) is 48.8 Å². The van der Waals surface area contributed by atoms with E-state index in [9.17, 15) is 18.0 Å². The van der Waals surface area contributed by atoms with Crippen molar-refractivity contribution in [1.82, 2.24) is 20.4 Å². The van der Waals surface area contributed by atoms with Crippen LogP contribution in [0.15, 0.2) is 73.2 Å². The number of anilines is 2. The Morgan fingerprint density at radius 1 is 0.906 bits per heavy atom. The largest absolute Gasteiger partial charge is 0.457 e. The molecule has 2 aromatic heterocycles. The average Bonchev–Trinajstić information content (AvgIpc) is 3.30. The number of hydrogen-bond donors (Lipinski definition) is 3. The summed E-state index contributed by atoms with van der Waals surface area (Å²) in [6.07, 6.45) is -0.144. The van der Waals surface area contributed by atoms with Gasteiger partial charge in [-0.05, 0) is 54.6 Å². The van der Waals surface area contributed by atoms with E-state index >= 15 is 0 Å². The fourth-order valence-electron chi connectivity index (χ4n) is 2.86. The first-order chi connectivity index (χ1) is 15.4. The Hall–Kier alpha value is -4.41. The fraction of sp³-hybridized carbons (Fsp3) is 0.0476. The zero-order chi connectivity index (χ0) is 22.6. The van der Waals surface area contributed by atoms with E-state index in [4.69, 9.17) is 4.74 Å². The maximum atomic E-state index is 13.3. The molecule has 2 amide bonds. The van der Waals surface area contributed by atoms with Crippen LogP contribution in [0, 0.1) is 0 Å². The summed E-state index contributed by atoms with van der Waals surface area (Å²) in [4.78, 5) is 16.2. The molecule has 3 N–H and O–H groups in total. The molecule has 2 aromatic carbocycles. The number of carbonyl (C=O) groups is 1. The van der Waals surface area contributed by atoms with Gasteiger partial charge in [0.15, 0.2) is 0 Å². The predicted octanol–water partition coefficient (Wildman–Crippen LogP) is 5.32. The van der Waals surface area contributed by atoms with Gasteiger partial charge in [0.05, 0.1) is 11.8 Å². The number of amides is 2. The molecule has 4 rings (SSSR count). The summed E-state index contributed by atoms with van der Waals surface area (Å²) in [6.45, 7) is 0. The lowest BCUT2D eigenvalue weighted by molar-refractivity contribution is -0.137. The summed E-state index contributed by atoms with van der Waals surface area (Å²) in [5, 5.41) is 14.6. The van der Waals surface area contributed by atoms with Crippen LogP contribution in [0.4, 0.5) is 29.3 Å². The molecule has 8 nitrogen and oxygen atoms in total.